The Morgan fingerprint density at radius 2 is 1.78 bits per heavy atom. The van der Waals surface area contributed by atoms with Gasteiger partial charge in [0.1, 0.15) is 5.82 Å². The molecule has 0 aliphatic rings. The van der Waals surface area contributed by atoms with Crippen LogP contribution in [0.3, 0.4) is 0 Å². The molecule has 3 heteroatoms. The van der Waals surface area contributed by atoms with Gasteiger partial charge in [0.05, 0.1) is 6.10 Å². The number of hydrogen-bond acceptors (Lipinski definition) is 2. The van der Waals surface area contributed by atoms with Crippen LogP contribution in [-0.4, -0.2) is 5.11 Å². The van der Waals surface area contributed by atoms with Crippen LogP contribution in [0.15, 0.2) is 58.3 Å². The van der Waals surface area contributed by atoms with Gasteiger partial charge in [0, 0.05) is 9.79 Å². The lowest BCUT2D eigenvalue weighted by Crippen LogP contribution is -1.96. The van der Waals surface area contributed by atoms with Gasteiger partial charge < -0.3 is 5.11 Å². The molecule has 0 heterocycles. The highest BCUT2D eigenvalue weighted by Gasteiger charge is 2.10. The fraction of sp³-hybridized carbons (Fsp3) is 0.200. The van der Waals surface area contributed by atoms with Crippen LogP contribution in [0, 0.1) is 5.82 Å². The van der Waals surface area contributed by atoms with Gasteiger partial charge in [-0.15, -0.1) is 0 Å². The van der Waals surface area contributed by atoms with Crippen molar-refractivity contribution in [3.63, 3.8) is 0 Å². The molecule has 0 amide bonds. The van der Waals surface area contributed by atoms with E-state index in [0.29, 0.717) is 6.42 Å². The minimum Gasteiger partial charge on any atom is -0.388 e. The number of rotatable bonds is 4. The van der Waals surface area contributed by atoms with Gasteiger partial charge in [-0.2, -0.15) is 0 Å². The minimum absolute atomic E-state index is 0.235. The molecule has 1 nitrogen and oxygen atoms in total. The molecular formula is C15H15FOS. The van der Waals surface area contributed by atoms with E-state index in [0.717, 1.165) is 15.4 Å². The fourth-order valence-electron chi connectivity index (χ4n) is 1.70. The molecule has 0 aliphatic heterocycles. The van der Waals surface area contributed by atoms with Gasteiger partial charge in [0.25, 0.3) is 0 Å². The third-order valence-electron chi connectivity index (χ3n) is 2.71. The summed E-state index contributed by atoms with van der Waals surface area (Å²) in [5.74, 6) is -0.235. The van der Waals surface area contributed by atoms with Crippen molar-refractivity contribution < 1.29 is 9.50 Å². The first-order valence-electron chi connectivity index (χ1n) is 5.91. The zero-order valence-corrected chi connectivity index (χ0v) is 11.0. The highest BCUT2D eigenvalue weighted by atomic mass is 32.2. The van der Waals surface area contributed by atoms with Gasteiger partial charge in [-0.25, -0.2) is 4.39 Å². The van der Waals surface area contributed by atoms with Gasteiger partial charge in [0.15, 0.2) is 0 Å². The summed E-state index contributed by atoms with van der Waals surface area (Å²) in [6.45, 7) is 1.95. The van der Waals surface area contributed by atoms with Gasteiger partial charge in [-0.05, 0) is 42.3 Å². The van der Waals surface area contributed by atoms with Crippen LogP contribution in [0.25, 0.3) is 0 Å². The Morgan fingerprint density at radius 3 is 2.44 bits per heavy atom. The third kappa shape index (κ3) is 3.12. The summed E-state index contributed by atoms with van der Waals surface area (Å²) in [7, 11) is 0. The molecule has 0 bridgehead atoms. The molecule has 94 valence electrons. The summed E-state index contributed by atoms with van der Waals surface area (Å²) < 4.78 is 12.8. The zero-order chi connectivity index (χ0) is 13.0. The molecule has 2 rings (SSSR count). The zero-order valence-electron chi connectivity index (χ0n) is 10.1. The monoisotopic (exact) mass is 262 g/mol. The Labute approximate surface area is 111 Å². The number of benzene rings is 2. The predicted molar refractivity (Wildman–Crippen MR) is 72.2 cm³/mol. The van der Waals surface area contributed by atoms with E-state index in [9.17, 15) is 9.50 Å². The van der Waals surface area contributed by atoms with Crippen molar-refractivity contribution in [1.82, 2.24) is 0 Å². The van der Waals surface area contributed by atoms with Crippen molar-refractivity contribution in [2.45, 2.75) is 29.2 Å². The van der Waals surface area contributed by atoms with E-state index in [1.165, 1.54) is 23.9 Å². The maximum Gasteiger partial charge on any atom is 0.123 e. The molecule has 1 unspecified atom stereocenters. The molecule has 1 atom stereocenters. The summed E-state index contributed by atoms with van der Waals surface area (Å²) in [6, 6.07) is 14.1. The van der Waals surface area contributed by atoms with Crippen LogP contribution < -0.4 is 0 Å². The second kappa shape index (κ2) is 6.03. The highest BCUT2D eigenvalue weighted by molar-refractivity contribution is 7.99. The van der Waals surface area contributed by atoms with Crippen LogP contribution in [0.2, 0.25) is 0 Å². The van der Waals surface area contributed by atoms with E-state index in [4.69, 9.17) is 0 Å². The standard InChI is InChI=1S/C15H15FOS/c1-2-14(17)13-5-3-4-6-15(13)18-12-9-7-11(16)8-10-12/h3-10,14,17H,2H2,1H3. The van der Waals surface area contributed by atoms with E-state index < -0.39 is 6.10 Å². The van der Waals surface area contributed by atoms with Crippen LogP contribution in [-0.2, 0) is 0 Å². The number of aliphatic hydroxyl groups excluding tert-OH is 1. The molecule has 1 N–H and O–H groups in total. The quantitative estimate of drug-likeness (QED) is 0.880. The molecular weight excluding hydrogens is 247 g/mol. The molecule has 2 aromatic rings. The Kier molecular flexibility index (Phi) is 4.39. The molecule has 18 heavy (non-hydrogen) atoms. The van der Waals surface area contributed by atoms with Gasteiger partial charge in [-0.3, -0.25) is 0 Å². The summed E-state index contributed by atoms with van der Waals surface area (Å²) in [5, 5.41) is 9.96. The first-order valence-corrected chi connectivity index (χ1v) is 6.72. The Morgan fingerprint density at radius 1 is 1.11 bits per heavy atom. The fourth-order valence-corrected chi connectivity index (χ4v) is 2.69. The average molecular weight is 262 g/mol. The summed E-state index contributed by atoms with van der Waals surface area (Å²) >= 11 is 1.54. The second-order valence-electron chi connectivity index (χ2n) is 4.02. The predicted octanol–water partition coefficient (Wildman–Crippen LogP) is 4.42. The molecule has 0 aromatic heterocycles. The second-order valence-corrected chi connectivity index (χ2v) is 5.13. The first-order chi connectivity index (χ1) is 8.70. The molecule has 0 aliphatic carbocycles. The van der Waals surface area contributed by atoms with E-state index in [1.807, 2.05) is 31.2 Å². The van der Waals surface area contributed by atoms with Crippen molar-refractivity contribution in [1.29, 1.82) is 0 Å². The van der Waals surface area contributed by atoms with E-state index in [2.05, 4.69) is 0 Å². The minimum atomic E-state index is -0.450. The van der Waals surface area contributed by atoms with E-state index in [-0.39, 0.29) is 5.82 Å². The number of hydrogen-bond donors (Lipinski definition) is 1. The van der Waals surface area contributed by atoms with Crippen molar-refractivity contribution in [2.75, 3.05) is 0 Å². The maximum atomic E-state index is 12.8. The Balaban J connectivity index is 2.26. The van der Waals surface area contributed by atoms with Crippen LogP contribution in [0.1, 0.15) is 25.0 Å². The molecule has 0 saturated heterocycles. The van der Waals surface area contributed by atoms with Crippen molar-refractivity contribution >= 4 is 11.8 Å². The van der Waals surface area contributed by atoms with Gasteiger partial charge >= 0.3 is 0 Å². The lowest BCUT2D eigenvalue weighted by Gasteiger charge is -2.13. The number of halogens is 1. The molecule has 0 radical (unpaired) electrons. The van der Waals surface area contributed by atoms with Crippen molar-refractivity contribution in [3.8, 4) is 0 Å². The Hall–Kier alpha value is -1.32. The van der Waals surface area contributed by atoms with Gasteiger partial charge in [-0.1, -0.05) is 36.9 Å². The molecule has 0 spiro atoms. The average Bonchev–Trinajstić information content (AvgIpc) is 2.41. The molecule has 0 fully saturated rings. The van der Waals surface area contributed by atoms with E-state index in [1.54, 1.807) is 12.1 Å². The summed E-state index contributed by atoms with van der Waals surface area (Å²) in [4.78, 5) is 1.98. The van der Waals surface area contributed by atoms with Crippen molar-refractivity contribution in [2.24, 2.45) is 0 Å². The smallest absolute Gasteiger partial charge is 0.123 e. The summed E-state index contributed by atoms with van der Waals surface area (Å²) in [6.07, 6.45) is 0.232. The number of aliphatic hydroxyl groups is 1. The first kappa shape index (κ1) is 13.1. The normalized spacial score (nSPS) is 12.4. The molecule has 2 aromatic carbocycles. The maximum absolute atomic E-state index is 12.8. The summed E-state index contributed by atoms with van der Waals surface area (Å²) in [5.41, 5.74) is 0.925. The lowest BCUT2D eigenvalue weighted by molar-refractivity contribution is 0.171. The third-order valence-corrected chi connectivity index (χ3v) is 3.81. The highest BCUT2D eigenvalue weighted by Crippen LogP contribution is 2.34. The van der Waals surface area contributed by atoms with Crippen LogP contribution in [0.4, 0.5) is 4.39 Å². The molecule has 0 saturated carbocycles. The lowest BCUT2D eigenvalue weighted by atomic mass is 10.1. The topological polar surface area (TPSA) is 20.2 Å². The SMILES string of the molecule is CCC(O)c1ccccc1Sc1ccc(F)cc1. The van der Waals surface area contributed by atoms with Crippen LogP contribution in [0.5, 0.6) is 0 Å². The largest absolute Gasteiger partial charge is 0.388 e. The van der Waals surface area contributed by atoms with Gasteiger partial charge in [0.2, 0.25) is 0 Å². The van der Waals surface area contributed by atoms with Crippen molar-refractivity contribution in [3.05, 3.63) is 59.9 Å². The van der Waals surface area contributed by atoms with Crippen LogP contribution >= 0.6 is 11.8 Å². The Bertz CT molecular complexity index is 510. The van der Waals surface area contributed by atoms with E-state index >= 15 is 0 Å².